The van der Waals surface area contributed by atoms with Gasteiger partial charge < -0.3 is 9.73 Å². The fourth-order valence-electron chi connectivity index (χ4n) is 2.45. The topological polar surface area (TPSA) is 84.2 Å². The van der Waals surface area contributed by atoms with E-state index in [0.717, 1.165) is 17.0 Å². The van der Waals surface area contributed by atoms with E-state index in [1.165, 1.54) is 0 Å². The van der Waals surface area contributed by atoms with Crippen LogP contribution in [-0.4, -0.2) is 13.4 Å². The van der Waals surface area contributed by atoms with Crippen molar-refractivity contribution in [2.24, 2.45) is 0 Å². The molecule has 0 aliphatic rings. The van der Waals surface area contributed by atoms with Crippen molar-refractivity contribution >= 4 is 21.5 Å². The second kappa shape index (κ2) is 6.98. The lowest BCUT2D eigenvalue weighted by molar-refractivity contribution is 0.518. The Labute approximate surface area is 147 Å². The number of benzene rings is 1. The van der Waals surface area contributed by atoms with E-state index in [2.05, 4.69) is 15.0 Å². The number of aryl methyl sites for hydroxylation is 2. The molecule has 25 heavy (non-hydrogen) atoms. The first-order chi connectivity index (χ1) is 11.9. The summed E-state index contributed by atoms with van der Waals surface area (Å²) in [7, 11) is -3.67. The molecule has 0 fully saturated rings. The van der Waals surface area contributed by atoms with Crippen molar-refractivity contribution in [2.75, 3.05) is 10.0 Å². The Hall–Kier alpha value is -2.80. The fourth-order valence-corrected chi connectivity index (χ4v) is 3.69. The average Bonchev–Trinajstić information content (AvgIpc) is 3.07. The van der Waals surface area contributed by atoms with Crippen molar-refractivity contribution < 1.29 is 12.8 Å². The molecule has 2 heterocycles. The Morgan fingerprint density at radius 3 is 2.60 bits per heavy atom. The molecule has 1 aromatic carbocycles. The van der Waals surface area contributed by atoms with E-state index in [9.17, 15) is 8.42 Å². The standard InChI is InChI=1S/C18H19N3O3S/c1-13-5-7-17(14(2)10-13)25(22,23)21-18-8-6-15(11-20-18)19-12-16-4-3-9-24-16/h3-11,19H,12H2,1-2H3,(H,20,21). The second-order valence-corrected chi connectivity index (χ2v) is 7.39. The molecule has 130 valence electrons. The van der Waals surface area contributed by atoms with E-state index in [1.54, 1.807) is 43.6 Å². The Kier molecular flexibility index (Phi) is 4.76. The highest BCUT2D eigenvalue weighted by Gasteiger charge is 2.17. The van der Waals surface area contributed by atoms with Crippen LogP contribution in [-0.2, 0) is 16.6 Å². The van der Waals surface area contributed by atoms with Gasteiger partial charge in [-0.05, 0) is 49.7 Å². The first-order valence-electron chi connectivity index (χ1n) is 7.76. The van der Waals surface area contributed by atoms with E-state index in [1.807, 2.05) is 25.1 Å². The molecule has 0 saturated carbocycles. The predicted octanol–water partition coefficient (Wildman–Crippen LogP) is 3.70. The normalized spacial score (nSPS) is 11.3. The van der Waals surface area contributed by atoms with Gasteiger partial charge in [0.2, 0.25) is 0 Å². The fraction of sp³-hybridized carbons (Fsp3) is 0.167. The second-order valence-electron chi connectivity index (χ2n) is 5.74. The number of nitrogens with one attached hydrogen (secondary N) is 2. The number of rotatable bonds is 6. The van der Waals surface area contributed by atoms with E-state index >= 15 is 0 Å². The Morgan fingerprint density at radius 2 is 1.96 bits per heavy atom. The van der Waals surface area contributed by atoms with Crippen molar-refractivity contribution in [1.29, 1.82) is 0 Å². The highest BCUT2D eigenvalue weighted by Crippen LogP contribution is 2.20. The number of pyridine rings is 1. The minimum atomic E-state index is -3.67. The van der Waals surface area contributed by atoms with E-state index in [-0.39, 0.29) is 10.7 Å². The van der Waals surface area contributed by atoms with Gasteiger partial charge in [0.25, 0.3) is 10.0 Å². The lowest BCUT2D eigenvalue weighted by Gasteiger charge is -2.11. The van der Waals surface area contributed by atoms with Gasteiger partial charge in [-0.25, -0.2) is 13.4 Å². The van der Waals surface area contributed by atoms with Crippen molar-refractivity contribution in [2.45, 2.75) is 25.3 Å². The number of anilines is 2. The summed E-state index contributed by atoms with van der Waals surface area (Å²) in [4.78, 5) is 4.40. The largest absolute Gasteiger partial charge is 0.467 e. The van der Waals surface area contributed by atoms with Crippen LogP contribution in [0.3, 0.4) is 0 Å². The third-order valence-electron chi connectivity index (χ3n) is 3.67. The third-order valence-corrected chi connectivity index (χ3v) is 5.18. The van der Waals surface area contributed by atoms with Gasteiger partial charge in [-0.2, -0.15) is 0 Å². The van der Waals surface area contributed by atoms with Crippen molar-refractivity contribution in [3.63, 3.8) is 0 Å². The van der Waals surface area contributed by atoms with E-state index in [0.29, 0.717) is 12.1 Å². The van der Waals surface area contributed by atoms with Crippen LogP contribution in [0.1, 0.15) is 16.9 Å². The molecule has 0 bridgehead atoms. The zero-order valence-corrected chi connectivity index (χ0v) is 14.8. The maximum absolute atomic E-state index is 12.5. The molecule has 0 aliphatic carbocycles. The molecule has 3 rings (SSSR count). The van der Waals surface area contributed by atoms with Gasteiger partial charge in [0.05, 0.1) is 29.6 Å². The summed E-state index contributed by atoms with van der Waals surface area (Å²) in [6.07, 6.45) is 3.18. The third kappa shape index (κ3) is 4.19. The number of hydrogen-bond acceptors (Lipinski definition) is 5. The highest BCUT2D eigenvalue weighted by atomic mass is 32.2. The average molecular weight is 357 g/mol. The molecule has 0 amide bonds. The van der Waals surface area contributed by atoms with Crippen LogP contribution in [0.5, 0.6) is 0 Å². The van der Waals surface area contributed by atoms with Gasteiger partial charge >= 0.3 is 0 Å². The molecule has 0 unspecified atom stereocenters. The van der Waals surface area contributed by atoms with Gasteiger partial charge in [-0.1, -0.05) is 17.7 Å². The lowest BCUT2D eigenvalue weighted by atomic mass is 10.2. The minimum Gasteiger partial charge on any atom is -0.467 e. The summed E-state index contributed by atoms with van der Waals surface area (Å²) in [5, 5.41) is 3.15. The molecule has 0 spiro atoms. The maximum Gasteiger partial charge on any atom is 0.263 e. The minimum absolute atomic E-state index is 0.250. The first-order valence-corrected chi connectivity index (χ1v) is 9.25. The SMILES string of the molecule is Cc1ccc(S(=O)(=O)Nc2ccc(NCc3ccco3)cn2)c(C)c1. The van der Waals surface area contributed by atoms with Crippen LogP contribution in [0, 0.1) is 13.8 Å². The predicted molar refractivity (Wildman–Crippen MR) is 97.0 cm³/mol. The number of aromatic nitrogens is 1. The molecular formula is C18H19N3O3S. The van der Waals surface area contributed by atoms with E-state index in [4.69, 9.17) is 4.42 Å². The summed E-state index contributed by atoms with van der Waals surface area (Å²) in [6.45, 7) is 4.23. The zero-order valence-electron chi connectivity index (χ0n) is 14.0. The highest BCUT2D eigenvalue weighted by molar-refractivity contribution is 7.92. The monoisotopic (exact) mass is 357 g/mol. The summed E-state index contributed by atoms with van der Waals surface area (Å²) >= 11 is 0. The number of sulfonamides is 1. The van der Waals surface area contributed by atoms with Gasteiger partial charge in [0, 0.05) is 0 Å². The molecular weight excluding hydrogens is 338 g/mol. The zero-order chi connectivity index (χ0) is 17.9. The molecule has 7 heteroatoms. The molecule has 3 aromatic rings. The summed E-state index contributed by atoms with van der Waals surface area (Å²) in [5.41, 5.74) is 2.48. The molecule has 0 atom stereocenters. The maximum atomic E-state index is 12.5. The number of nitrogens with zero attached hydrogens (tertiary/aromatic N) is 1. The van der Waals surface area contributed by atoms with Crippen LogP contribution >= 0.6 is 0 Å². The van der Waals surface area contributed by atoms with Crippen LogP contribution in [0.25, 0.3) is 0 Å². The summed E-state index contributed by atoms with van der Waals surface area (Å²) in [5.74, 6) is 1.07. The van der Waals surface area contributed by atoms with Gasteiger partial charge in [0.1, 0.15) is 11.6 Å². The van der Waals surface area contributed by atoms with Gasteiger partial charge in [-0.3, -0.25) is 4.72 Å². The van der Waals surface area contributed by atoms with Crippen LogP contribution < -0.4 is 10.0 Å². The van der Waals surface area contributed by atoms with Crippen LogP contribution in [0.2, 0.25) is 0 Å². The summed E-state index contributed by atoms with van der Waals surface area (Å²) in [6, 6.07) is 12.3. The molecule has 2 N–H and O–H groups in total. The quantitative estimate of drug-likeness (QED) is 0.703. The van der Waals surface area contributed by atoms with Crippen molar-refractivity contribution in [1.82, 2.24) is 4.98 Å². The van der Waals surface area contributed by atoms with Crippen molar-refractivity contribution in [3.8, 4) is 0 Å². The lowest BCUT2D eigenvalue weighted by Crippen LogP contribution is -2.15. The first kappa shape index (κ1) is 17.0. The van der Waals surface area contributed by atoms with Gasteiger partial charge in [-0.15, -0.1) is 0 Å². The smallest absolute Gasteiger partial charge is 0.263 e. The molecule has 2 aromatic heterocycles. The number of hydrogen-bond donors (Lipinski definition) is 2. The molecule has 0 saturated heterocycles. The molecule has 6 nitrogen and oxygen atoms in total. The Morgan fingerprint density at radius 1 is 1.12 bits per heavy atom. The summed E-state index contributed by atoms with van der Waals surface area (Å²) < 4.78 is 32.8. The van der Waals surface area contributed by atoms with E-state index < -0.39 is 10.0 Å². The Balaban J connectivity index is 1.69. The van der Waals surface area contributed by atoms with Crippen LogP contribution in [0.4, 0.5) is 11.5 Å². The number of furan rings is 1. The van der Waals surface area contributed by atoms with Crippen molar-refractivity contribution in [3.05, 3.63) is 71.8 Å². The molecule has 0 radical (unpaired) electrons. The van der Waals surface area contributed by atoms with Crippen LogP contribution in [0.15, 0.2) is 64.2 Å². The Bertz CT molecular complexity index is 950. The van der Waals surface area contributed by atoms with Gasteiger partial charge in [0.15, 0.2) is 0 Å². The molecule has 0 aliphatic heterocycles.